The van der Waals surface area contributed by atoms with Crippen LogP contribution in [0.3, 0.4) is 0 Å². The molecule has 0 radical (unpaired) electrons. The van der Waals surface area contributed by atoms with Gasteiger partial charge in [-0.05, 0) is 11.1 Å². The van der Waals surface area contributed by atoms with Crippen LogP contribution in [0.25, 0.3) is 0 Å². The van der Waals surface area contributed by atoms with Crippen LogP contribution in [0.5, 0.6) is 0 Å². The van der Waals surface area contributed by atoms with Crippen molar-refractivity contribution in [1.82, 2.24) is 14.9 Å². The van der Waals surface area contributed by atoms with Crippen LogP contribution in [0.1, 0.15) is 27.3 Å². The number of carboxylic acids is 1. The predicted molar refractivity (Wildman–Crippen MR) is 64.9 cm³/mol. The first-order valence-electron chi connectivity index (χ1n) is 5.78. The van der Waals surface area contributed by atoms with Crippen LogP contribution in [0, 0.1) is 0 Å². The van der Waals surface area contributed by atoms with Crippen molar-refractivity contribution in [3.05, 3.63) is 53.1 Å². The number of hydrogen-bond acceptors (Lipinski definition) is 3. The van der Waals surface area contributed by atoms with E-state index in [9.17, 15) is 4.79 Å². The highest BCUT2D eigenvalue weighted by atomic mass is 16.4. The molecule has 5 nitrogen and oxygen atoms in total. The van der Waals surface area contributed by atoms with Crippen LogP contribution in [0.2, 0.25) is 0 Å². The Hall–Kier alpha value is -2.14. The normalized spacial score (nSPS) is 14.7. The topological polar surface area (TPSA) is 69.2 Å². The summed E-state index contributed by atoms with van der Waals surface area (Å²) in [5.74, 6) is -0.983. The molecule has 1 aromatic carbocycles. The Labute approximate surface area is 104 Å². The maximum atomic E-state index is 11.0. The van der Waals surface area contributed by atoms with Crippen LogP contribution >= 0.6 is 0 Å². The van der Waals surface area contributed by atoms with E-state index in [4.69, 9.17) is 5.11 Å². The van der Waals surface area contributed by atoms with Crippen LogP contribution in [-0.2, 0) is 19.6 Å². The van der Waals surface area contributed by atoms with E-state index >= 15 is 0 Å². The number of aromatic carboxylic acids is 1. The summed E-state index contributed by atoms with van der Waals surface area (Å²) in [6, 6.07) is 8.28. The number of nitrogens with zero attached hydrogens (tertiary/aromatic N) is 2. The molecule has 0 saturated carbocycles. The minimum atomic E-state index is -0.983. The Bertz CT molecular complexity index is 566. The summed E-state index contributed by atoms with van der Waals surface area (Å²) in [4.78, 5) is 19.9. The molecule has 1 aromatic heterocycles. The van der Waals surface area contributed by atoms with Gasteiger partial charge in [0.05, 0.1) is 12.0 Å². The van der Waals surface area contributed by atoms with Gasteiger partial charge < -0.3 is 10.1 Å². The molecule has 0 spiro atoms. The first kappa shape index (κ1) is 11.0. The van der Waals surface area contributed by atoms with E-state index in [2.05, 4.69) is 27.0 Å². The van der Waals surface area contributed by atoms with Gasteiger partial charge in [-0.3, -0.25) is 4.90 Å². The smallest absolute Gasteiger partial charge is 0.356 e. The zero-order valence-corrected chi connectivity index (χ0v) is 9.76. The highest BCUT2D eigenvalue weighted by Gasteiger charge is 2.21. The van der Waals surface area contributed by atoms with Crippen molar-refractivity contribution in [2.24, 2.45) is 0 Å². The summed E-state index contributed by atoms with van der Waals surface area (Å²) in [6.45, 7) is 2.29. The van der Waals surface area contributed by atoms with Gasteiger partial charge in [0.2, 0.25) is 0 Å². The average Bonchev–Trinajstić information content (AvgIpc) is 2.94. The second-order valence-electron chi connectivity index (χ2n) is 4.45. The summed E-state index contributed by atoms with van der Waals surface area (Å²) in [6.07, 6.45) is 1.43. The van der Waals surface area contributed by atoms with Crippen LogP contribution in [0.4, 0.5) is 0 Å². The van der Waals surface area contributed by atoms with E-state index in [0.717, 1.165) is 13.1 Å². The summed E-state index contributed by atoms with van der Waals surface area (Å²) >= 11 is 0. The number of hydrogen-bond donors (Lipinski definition) is 2. The molecular formula is C13H13N3O2. The number of fused-ring (bicyclic) bond motifs is 1. The first-order chi connectivity index (χ1) is 8.74. The second-order valence-corrected chi connectivity index (χ2v) is 4.45. The van der Waals surface area contributed by atoms with Crippen molar-refractivity contribution in [3.63, 3.8) is 0 Å². The third-order valence-corrected chi connectivity index (χ3v) is 3.21. The highest BCUT2D eigenvalue weighted by Crippen LogP contribution is 2.23. The van der Waals surface area contributed by atoms with Crippen molar-refractivity contribution in [3.8, 4) is 0 Å². The highest BCUT2D eigenvalue weighted by molar-refractivity contribution is 5.86. The molecule has 3 rings (SSSR count). The molecular weight excluding hydrogens is 230 g/mol. The lowest BCUT2D eigenvalue weighted by Gasteiger charge is -2.13. The van der Waals surface area contributed by atoms with Gasteiger partial charge in [-0.15, -0.1) is 0 Å². The molecule has 0 aliphatic carbocycles. The fourth-order valence-electron chi connectivity index (χ4n) is 2.36. The van der Waals surface area contributed by atoms with Crippen molar-refractivity contribution in [2.45, 2.75) is 19.6 Å². The molecule has 0 fully saturated rings. The zero-order valence-electron chi connectivity index (χ0n) is 9.76. The van der Waals surface area contributed by atoms with Crippen molar-refractivity contribution in [2.75, 3.05) is 0 Å². The van der Waals surface area contributed by atoms with Gasteiger partial charge in [0.25, 0.3) is 0 Å². The molecule has 0 saturated heterocycles. The van der Waals surface area contributed by atoms with E-state index in [-0.39, 0.29) is 5.69 Å². The molecule has 92 valence electrons. The average molecular weight is 243 g/mol. The van der Waals surface area contributed by atoms with E-state index in [1.165, 1.54) is 17.5 Å². The predicted octanol–water partition coefficient (Wildman–Crippen LogP) is 1.62. The lowest BCUT2D eigenvalue weighted by molar-refractivity contribution is 0.0688. The van der Waals surface area contributed by atoms with Gasteiger partial charge in [-0.2, -0.15) is 0 Å². The Morgan fingerprint density at radius 2 is 2.00 bits per heavy atom. The van der Waals surface area contributed by atoms with Gasteiger partial charge >= 0.3 is 5.97 Å². The zero-order chi connectivity index (χ0) is 12.5. The van der Waals surface area contributed by atoms with Crippen LogP contribution < -0.4 is 0 Å². The van der Waals surface area contributed by atoms with Crippen molar-refractivity contribution >= 4 is 5.97 Å². The molecule has 18 heavy (non-hydrogen) atoms. The third kappa shape index (κ3) is 1.89. The maximum Gasteiger partial charge on any atom is 0.356 e. The number of benzene rings is 1. The van der Waals surface area contributed by atoms with E-state index < -0.39 is 5.97 Å². The number of rotatable bonds is 3. The second kappa shape index (κ2) is 4.27. The molecule has 1 aliphatic rings. The Morgan fingerprint density at radius 3 is 2.61 bits per heavy atom. The first-order valence-corrected chi connectivity index (χ1v) is 5.78. The fraction of sp³-hybridized carbons (Fsp3) is 0.231. The number of carboxylic acid groups (broad SMARTS) is 1. The Kier molecular flexibility index (Phi) is 2.60. The van der Waals surface area contributed by atoms with Gasteiger partial charge in [-0.25, -0.2) is 9.78 Å². The van der Waals surface area contributed by atoms with Gasteiger partial charge in [-0.1, -0.05) is 24.3 Å². The maximum absolute atomic E-state index is 11.0. The lowest BCUT2D eigenvalue weighted by atomic mass is 10.1. The number of H-pyrrole nitrogens is 1. The minimum absolute atomic E-state index is 0.117. The Morgan fingerprint density at radius 1 is 1.33 bits per heavy atom. The molecule has 5 heteroatoms. The molecule has 0 amide bonds. The fourth-order valence-corrected chi connectivity index (χ4v) is 2.36. The lowest BCUT2D eigenvalue weighted by Crippen LogP contribution is -2.18. The summed E-state index contributed by atoms with van der Waals surface area (Å²) in [5, 5.41) is 9.00. The number of carbonyl (C=O) groups is 1. The Balaban J connectivity index is 1.76. The van der Waals surface area contributed by atoms with E-state index in [0.29, 0.717) is 12.2 Å². The van der Waals surface area contributed by atoms with E-state index in [1.54, 1.807) is 0 Å². The van der Waals surface area contributed by atoms with E-state index in [1.807, 2.05) is 12.1 Å². The summed E-state index contributed by atoms with van der Waals surface area (Å²) < 4.78 is 0. The number of aromatic nitrogens is 2. The van der Waals surface area contributed by atoms with Crippen LogP contribution in [-0.4, -0.2) is 25.9 Å². The molecule has 0 unspecified atom stereocenters. The molecule has 2 N–H and O–H groups in total. The molecule has 0 atom stereocenters. The number of nitrogens with one attached hydrogen (secondary N) is 1. The number of aromatic amines is 1. The monoisotopic (exact) mass is 243 g/mol. The number of imidazole rings is 1. The standard InChI is InChI=1S/C13H13N3O2/c17-13(18)12-11(14-8-15-12)7-16-5-9-3-1-2-4-10(9)6-16/h1-4,8H,5-7H2,(H,14,15)(H,17,18). The SMILES string of the molecule is O=C(O)c1nc[nH]c1CN1Cc2ccccc2C1. The largest absolute Gasteiger partial charge is 0.476 e. The summed E-state index contributed by atoms with van der Waals surface area (Å²) in [5.41, 5.74) is 3.41. The quantitative estimate of drug-likeness (QED) is 0.859. The minimum Gasteiger partial charge on any atom is -0.476 e. The molecule has 2 heterocycles. The van der Waals surface area contributed by atoms with Crippen LogP contribution in [0.15, 0.2) is 30.6 Å². The molecule has 2 aromatic rings. The van der Waals surface area contributed by atoms with Gasteiger partial charge in [0.1, 0.15) is 0 Å². The van der Waals surface area contributed by atoms with Gasteiger partial charge in [0.15, 0.2) is 5.69 Å². The molecule has 1 aliphatic heterocycles. The third-order valence-electron chi connectivity index (χ3n) is 3.21. The van der Waals surface area contributed by atoms with Crippen molar-refractivity contribution < 1.29 is 9.90 Å². The van der Waals surface area contributed by atoms with Crippen molar-refractivity contribution in [1.29, 1.82) is 0 Å². The van der Waals surface area contributed by atoms with Gasteiger partial charge in [0, 0.05) is 19.6 Å². The molecule has 0 bridgehead atoms. The summed E-state index contributed by atoms with van der Waals surface area (Å²) in [7, 11) is 0.